The van der Waals surface area contributed by atoms with Crippen molar-refractivity contribution in [3.63, 3.8) is 0 Å². The fourth-order valence-corrected chi connectivity index (χ4v) is 1.39. The predicted molar refractivity (Wildman–Crippen MR) is 56.7 cm³/mol. The Balaban J connectivity index is 2.43. The van der Waals surface area contributed by atoms with E-state index in [4.69, 9.17) is 9.47 Å². The van der Waals surface area contributed by atoms with Crippen molar-refractivity contribution in [3.05, 3.63) is 36.7 Å². The Morgan fingerprint density at radius 1 is 1.13 bits per heavy atom. The number of benzene rings is 1. The van der Waals surface area contributed by atoms with Gasteiger partial charge in [0.05, 0.1) is 19.9 Å². The lowest BCUT2D eigenvalue weighted by molar-refractivity contribution is 0.354. The van der Waals surface area contributed by atoms with Crippen LogP contribution in [0.15, 0.2) is 36.7 Å². The molecule has 15 heavy (non-hydrogen) atoms. The van der Waals surface area contributed by atoms with Crippen molar-refractivity contribution in [2.75, 3.05) is 14.2 Å². The quantitative estimate of drug-likeness (QED) is 0.766. The second-order valence-corrected chi connectivity index (χ2v) is 2.99. The zero-order chi connectivity index (χ0) is 10.7. The number of ether oxygens (including phenoxy) is 2. The number of nitrogens with zero attached hydrogens (tertiary/aromatic N) is 2. The Hall–Kier alpha value is -1.97. The molecule has 0 radical (unpaired) electrons. The molecule has 78 valence electrons. The van der Waals surface area contributed by atoms with Crippen LogP contribution >= 0.6 is 0 Å². The van der Waals surface area contributed by atoms with Crippen molar-refractivity contribution in [1.82, 2.24) is 9.78 Å². The first kappa shape index (κ1) is 9.58. The molecule has 0 saturated carbocycles. The van der Waals surface area contributed by atoms with Gasteiger partial charge >= 0.3 is 0 Å². The van der Waals surface area contributed by atoms with E-state index in [0.29, 0.717) is 11.5 Å². The van der Waals surface area contributed by atoms with E-state index >= 15 is 0 Å². The highest BCUT2D eigenvalue weighted by atomic mass is 16.5. The van der Waals surface area contributed by atoms with Crippen LogP contribution in [0.4, 0.5) is 0 Å². The van der Waals surface area contributed by atoms with E-state index in [1.165, 1.54) is 0 Å². The van der Waals surface area contributed by atoms with Crippen LogP contribution in [0.3, 0.4) is 0 Å². The topological polar surface area (TPSA) is 36.3 Å². The number of hydrogen-bond donors (Lipinski definition) is 0. The Morgan fingerprint density at radius 2 is 1.93 bits per heavy atom. The summed E-state index contributed by atoms with van der Waals surface area (Å²) in [5, 5.41) is 4.14. The van der Waals surface area contributed by atoms with Gasteiger partial charge in [-0.3, -0.25) is 0 Å². The van der Waals surface area contributed by atoms with Crippen LogP contribution in [0, 0.1) is 0 Å². The standard InChI is InChI=1S/C11H12N2O2/c1-14-10-5-4-9(8-11(10)15-2)13-7-3-6-12-13/h3-8H,1-2H3. The minimum Gasteiger partial charge on any atom is -0.493 e. The fraction of sp³-hybridized carbons (Fsp3) is 0.182. The summed E-state index contributed by atoms with van der Waals surface area (Å²) in [7, 11) is 3.23. The van der Waals surface area contributed by atoms with Crippen molar-refractivity contribution in [1.29, 1.82) is 0 Å². The molecular weight excluding hydrogens is 192 g/mol. The molecule has 0 amide bonds. The van der Waals surface area contributed by atoms with Crippen LogP contribution in [0.1, 0.15) is 0 Å². The van der Waals surface area contributed by atoms with Gasteiger partial charge in [-0.15, -0.1) is 0 Å². The minimum atomic E-state index is 0.700. The Kier molecular flexibility index (Phi) is 2.58. The van der Waals surface area contributed by atoms with E-state index in [9.17, 15) is 0 Å². The molecule has 2 aromatic rings. The molecule has 0 aliphatic carbocycles. The zero-order valence-corrected chi connectivity index (χ0v) is 8.68. The third-order valence-electron chi connectivity index (χ3n) is 2.14. The lowest BCUT2D eigenvalue weighted by atomic mass is 10.3. The van der Waals surface area contributed by atoms with Gasteiger partial charge in [0.1, 0.15) is 0 Å². The van der Waals surface area contributed by atoms with Crippen molar-refractivity contribution in [2.24, 2.45) is 0 Å². The van der Waals surface area contributed by atoms with Gasteiger partial charge in [-0.05, 0) is 18.2 Å². The van der Waals surface area contributed by atoms with Gasteiger partial charge in [0, 0.05) is 18.5 Å². The molecule has 0 atom stereocenters. The van der Waals surface area contributed by atoms with Crippen LogP contribution in [0.2, 0.25) is 0 Å². The number of rotatable bonds is 3. The molecule has 1 aromatic carbocycles. The fourth-order valence-electron chi connectivity index (χ4n) is 1.39. The molecule has 1 heterocycles. The largest absolute Gasteiger partial charge is 0.493 e. The van der Waals surface area contributed by atoms with Gasteiger partial charge in [0.15, 0.2) is 11.5 Å². The first-order valence-electron chi connectivity index (χ1n) is 4.57. The summed E-state index contributed by atoms with van der Waals surface area (Å²) in [5.41, 5.74) is 0.942. The molecule has 0 aliphatic heterocycles. The first-order valence-corrected chi connectivity index (χ1v) is 4.57. The van der Waals surface area contributed by atoms with Crippen LogP contribution in [-0.4, -0.2) is 24.0 Å². The molecule has 4 heteroatoms. The van der Waals surface area contributed by atoms with Gasteiger partial charge in [0.25, 0.3) is 0 Å². The second-order valence-electron chi connectivity index (χ2n) is 2.99. The van der Waals surface area contributed by atoms with Gasteiger partial charge in [-0.2, -0.15) is 5.10 Å². The van der Waals surface area contributed by atoms with Crippen molar-refractivity contribution in [2.45, 2.75) is 0 Å². The molecule has 0 aliphatic rings. The maximum Gasteiger partial charge on any atom is 0.162 e. The molecule has 0 spiro atoms. The molecule has 0 saturated heterocycles. The van der Waals surface area contributed by atoms with Crippen LogP contribution in [-0.2, 0) is 0 Å². The van der Waals surface area contributed by atoms with Crippen LogP contribution in [0.25, 0.3) is 5.69 Å². The summed E-state index contributed by atoms with van der Waals surface area (Å²) in [6.07, 6.45) is 3.61. The van der Waals surface area contributed by atoms with Crippen LogP contribution in [0.5, 0.6) is 11.5 Å². The molecule has 4 nitrogen and oxygen atoms in total. The van der Waals surface area contributed by atoms with E-state index in [1.54, 1.807) is 25.1 Å². The summed E-state index contributed by atoms with van der Waals surface area (Å²) >= 11 is 0. The van der Waals surface area contributed by atoms with Crippen molar-refractivity contribution >= 4 is 0 Å². The molecule has 1 aromatic heterocycles. The lowest BCUT2D eigenvalue weighted by Crippen LogP contribution is -1.96. The normalized spacial score (nSPS) is 10.0. The van der Waals surface area contributed by atoms with E-state index in [-0.39, 0.29) is 0 Å². The van der Waals surface area contributed by atoms with E-state index < -0.39 is 0 Å². The minimum absolute atomic E-state index is 0.700. The van der Waals surface area contributed by atoms with Crippen molar-refractivity contribution < 1.29 is 9.47 Å². The van der Waals surface area contributed by atoms with Gasteiger partial charge in [-0.25, -0.2) is 4.68 Å². The average Bonchev–Trinajstić information content (AvgIpc) is 2.81. The van der Waals surface area contributed by atoms with Gasteiger partial charge < -0.3 is 9.47 Å². The maximum absolute atomic E-state index is 5.21. The Morgan fingerprint density at radius 3 is 2.53 bits per heavy atom. The first-order chi connectivity index (χ1) is 7.35. The molecular formula is C11H12N2O2. The van der Waals surface area contributed by atoms with E-state index in [0.717, 1.165) is 5.69 Å². The molecule has 0 unspecified atom stereocenters. The summed E-state index contributed by atoms with van der Waals surface area (Å²) in [5.74, 6) is 1.42. The van der Waals surface area contributed by atoms with E-state index in [2.05, 4.69) is 5.10 Å². The maximum atomic E-state index is 5.21. The highest BCUT2D eigenvalue weighted by Crippen LogP contribution is 2.28. The predicted octanol–water partition coefficient (Wildman–Crippen LogP) is 1.89. The SMILES string of the molecule is COc1ccc(-n2cccn2)cc1OC. The van der Waals surface area contributed by atoms with Gasteiger partial charge in [-0.1, -0.05) is 0 Å². The monoisotopic (exact) mass is 204 g/mol. The zero-order valence-electron chi connectivity index (χ0n) is 8.68. The van der Waals surface area contributed by atoms with Crippen LogP contribution < -0.4 is 9.47 Å². The molecule has 0 bridgehead atoms. The van der Waals surface area contributed by atoms with E-state index in [1.807, 2.05) is 30.5 Å². The number of hydrogen-bond acceptors (Lipinski definition) is 3. The smallest absolute Gasteiger partial charge is 0.162 e. The highest BCUT2D eigenvalue weighted by Gasteiger charge is 2.05. The second kappa shape index (κ2) is 4.04. The Bertz CT molecular complexity index is 438. The third-order valence-corrected chi connectivity index (χ3v) is 2.14. The summed E-state index contributed by atoms with van der Waals surface area (Å²) in [6, 6.07) is 7.53. The summed E-state index contributed by atoms with van der Waals surface area (Å²) in [6.45, 7) is 0. The average molecular weight is 204 g/mol. The summed E-state index contributed by atoms with van der Waals surface area (Å²) in [4.78, 5) is 0. The number of methoxy groups -OCH3 is 2. The number of aromatic nitrogens is 2. The summed E-state index contributed by atoms with van der Waals surface area (Å²) < 4.78 is 12.1. The molecule has 0 N–H and O–H groups in total. The van der Waals surface area contributed by atoms with Gasteiger partial charge in [0.2, 0.25) is 0 Å². The lowest BCUT2D eigenvalue weighted by Gasteiger charge is -2.09. The highest BCUT2D eigenvalue weighted by molar-refractivity contribution is 5.48. The molecule has 0 fully saturated rings. The van der Waals surface area contributed by atoms with Crippen molar-refractivity contribution in [3.8, 4) is 17.2 Å². The Labute approximate surface area is 88.1 Å². The molecule has 2 rings (SSSR count). The third kappa shape index (κ3) is 1.79.